The maximum atomic E-state index is 14.5. The number of benzene rings is 2. The lowest BCUT2D eigenvalue weighted by Gasteiger charge is -2.19. The molecular weight excluding hydrogens is 699 g/mol. The number of hydrogen-bond donors (Lipinski definition) is 1. The second-order valence-corrected chi connectivity index (χ2v) is 15.7. The zero-order chi connectivity index (χ0) is 35.2. The van der Waals surface area contributed by atoms with Crippen LogP contribution in [0.15, 0.2) is 53.1 Å². The van der Waals surface area contributed by atoms with E-state index in [1.54, 1.807) is 24.5 Å². The van der Waals surface area contributed by atoms with Crippen LogP contribution in [-0.4, -0.2) is 44.6 Å². The number of nitrogens with zero attached hydrogens (tertiary/aromatic N) is 5. The Labute approximate surface area is 308 Å². The minimum Gasteiger partial charge on any atom is -0.493 e. The van der Waals surface area contributed by atoms with Gasteiger partial charge in [-0.05, 0) is 103 Å². The number of nitrogens with one attached hydrogen (secondary N) is 1. The summed E-state index contributed by atoms with van der Waals surface area (Å²) in [4.78, 5) is 27.4. The van der Waals surface area contributed by atoms with Crippen molar-refractivity contribution in [1.82, 2.24) is 25.1 Å². The van der Waals surface area contributed by atoms with Crippen molar-refractivity contribution < 1.29 is 18.3 Å². The molecule has 1 N–H and O–H groups in total. The molecule has 10 rings (SSSR count). The molecular formula is C40H34ClFN6O3S. The molecule has 2 aromatic carbocycles. The van der Waals surface area contributed by atoms with Gasteiger partial charge in [0.05, 0.1) is 46.4 Å². The van der Waals surface area contributed by atoms with Crippen LogP contribution in [-0.2, 0) is 19.3 Å². The quantitative estimate of drug-likeness (QED) is 0.173. The maximum absolute atomic E-state index is 14.5. The molecule has 4 aliphatic rings. The molecule has 3 atom stereocenters. The summed E-state index contributed by atoms with van der Waals surface area (Å²) in [5.41, 5.74) is 8.34. The first kappa shape index (κ1) is 31.8. The summed E-state index contributed by atoms with van der Waals surface area (Å²) in [6, 6.07) is 13.5. The standard InChI is InChI=1S/C40H34ClFN6O3S/c1-19-46-47-39(51-19)32-29(17-21-6-5-20-16-23(41)7-8-24(20)21)44-35-30-4-3-15-48(30)40(49)34(35)33(32)31-18-22-13-14-43-38(37(22)52-31)45-28-12-10-26-25(28)9-11-27(42)36(26)50-2/h7-9,11,13-14,16,18,21,28,30H,3-6,10,12,15,17H2,1-2H3,(H,43,45)/t21-,28+,30+/m0/s1. The number of methoxy groups -OCH3 is 1. The summed E-state index contributed by atoms with van der Waals surface area (Å²) in [7, 11) is 1.51. The molecule has 9 nitrogen and oxygen atoms in total. The Bertz CT molecular complexity index is 2460. The molecule has 262 valence electrons. The van der Waals surface area contributed by atoms with Crippen molar-refractivity contribution in [3.05, 3.63) is 105 Å². The number of ether oxygens (including phenoxy) is 1. The van der Waals surface area contributed by atoms with Gasteiger partial charge in [0.2, 0.25) is 11.8 Å². The largest absolute Gasteiger partial charge is 0.493 e. The Balaban J connectivity index is 1.14. The average molecular weight is 733 g/mol. The molecule has 0 unspecified atom stereocenters. The van der Waals surface area contributed by atoms with Crippen molar-refractivity contribution in [2.75, 3.05) is 19.0 Å². The Morgan fingerprint density at radius 3 is 2.79 bits per heavy atom. The van der Waals surface area contributed by atoms with Crippen LogP contribution in [0.5, 0.6) is 5.75 Å². The molecule has 0 saturated carbocycles. The highest BCUT2D eigenvalue weighted by molar-refractivity contribution is 7.23. The normalized spacial score (nSPS) is 20.0. The molecule has 6 aromatic rings. The molecule has 1 saturated heterocycles. The number of thiophene rings is 1. The first-order valence-corrected chi connectivity index (χ1v) is 19.0. The molecule has 52 heavy (non-hydrogen) atoms. The maximum Gasteiger partial charge on any atom is 0.257 e. The lowest BCUT2D eigenvalue weighted by atomic mass is 9.89. The van der Waals surface area contributed by atoms with Gasteiger partial charge in [0.15, 0.2) is 11.6 Å². The number of amides is 1. The van der Waals surface area contributed by atoms with Crippen LogP contribution in [0.3, 0.4) is 0 Å². The summed E-state index contributed by atoms with van der Waals surface area (Å²) in [5.74, 6) is 1.75. The van der Waals surface area contributed by atoms with Crippen molar-refractivity contribution in [1.29, 1.82) is 0 Å². The van der Waals surface area contributed by atoms with E-state index in [1.807, 2.05) is 23.1 Å². The number of pyridine rings is 2. The summed E-state index contributed by atoms with van der Waals surface area (Å²) < 4.78 is 27.1. The Morgan fingerprint density at radius 2 is 1.94 bits per heavy atom. The topological polar surface area (TPSA) is 106 Å². The van der Waals surface area contributed by atoms with E-state index in [-0.39, 0.29) is 29.7 Å². The Morgan fingerprint density at radius 1 is 1.06 bits per heavy atom. The fourth-order valence-electron chi connectivity index (χ4n) is 9.06. The summed E-state index contributed by atoms with van der Waals surface area (Å²) >= 11 is 7.98. The Hall–Kier alpha value is -4.87. The molecule has 0 spiro atoms. The monoisotopic (exact) mass is 732 g/mol. The third kappa shape index (κ3) is 4.89. The molecule has 4 aromatic heterocycles. The number of aryl methyl sites for hydroxylation is 2. The van der Waals surface area contributed by atoms with Crippen LogP contribution < -0.4 is 10.1 Å². The van der Waals surface area contributed by atoms with Crippen LogP contribution in [0.2, 0.25) is 5.02 Å². The first-order valence-electron chi connectivity index (χ1n) is 17.8. The van der Waals surface area contributed by atoms with E-state index >= 15 is 0 Å². The third-order valence-corrected chi connectivity index (χ3v) is 12.7. The van der Waals surface area contributed by atoms with E-state index in [9.17, 15) is 9.18 Å². The van der Waals surface area contributed by atoms with E-state index in [0.29, 0.717) is 42.5 Å². The molecule has 0 bridgehead atoms. The summed E-state index contributed by atoms with van der Waals surface area (Å²) in [6.45, 7) is 2.49. The van der Waals surface area contributed by atoms with Crippen molar-refractivity contribution in [2.45, 2.75) is 69.9 Å². The number of rotatable bonds is 7. The van der Waals surface area contributed by atoms with Gasteiger partial charge in [-0.25, -0.2) is 9.37 Å². The van der Waals surface area contributed by atoms with Crippen LogP contribution in [0.25, 0.3) is 32.0 Å². The van der Waals surface area contributed by atoms with Gasteiger partial charge in [0.25, 0.3) is 5.91 Å². The van der Waals surface area contributed by atoms with E-state index in [2.05, 4.69) is 33.7 Å². The van der Waals surface area contributed by atoms with Crippen LogP contribution in [0.4, 0.5) is 10.2 Å². The van der Waals surface area contributed by atoms with Gasteiger partial charge in [-0.3, -0.25) is 9.78 Å². The predicted molar refractivity (Wildman–Crippen MR) is 198 cm³/mol. The highest BCUT2D eigenvalue weighted by Crippen LogP contribution is 2.52. The zero-order valence-corrected chi connectivity index (χ0v) is 30.2. The van der Waals surface area contributed by atoms with Crippen LogP contribution >= 0.6 is 22.9 Å². The minimum atomic E-state index is -0.349. The van der Waals surface area contributed by atoms with Gasteiger partial charge in [-0.15, -0.1) is 21.5 Å². The van der Waals surface area contributed by atoms with E-state index in [4.69, 9.17) is 30.7 Å². The zero-order valence-electron chi connectivity index (χ0n) is 28.6. The summed E-state index contributed by atoms with van der Waals surface area (Å²) in [5, 5.41) is 14.2. The van der Waals surface area contributed by atoms with Gasteiger partial charge < -0.3 is 19.4 Å². The molecule has 6 heterocycles. The molecule has 2 aliphatic heterocycles. The SMILES string of the molecule is COc1c(F)ccc2c1CC[C@H]2Nc1nccc2cc(-c3c4c(nc(C[C@@H]5CCc6cc(Cl)ccc65)c3-c3nnc(C)o3)[C@H]3CCCN3C4=O)sc12. The van der Waals surface area contributed by atoms with Crippen molar-refractivity contribution in [2.24, 2.45) is 0 Å². The number of aromatic nitrogens is 4. The predicted octanol–water partition coefficient (Wildman–Crippen LogP) is 9.18. The van der Waals surface area contributed by atoms with Gasteiger partial charge in [0.1, 0.15) is 5.82 Å². The van der Waals surface area contributed by atoms with Crippen LogP contribution in [0, 0.1) is 12.7 Å². The van der Waals surface area contributed by atoms with E-state index < -0.39 is 0 Å². The number of halogens is 2. The average Bonchev–Trinajstić information content (AvgIpc) is 3.99. The van der Waals surface area contributed by atoms with E-state index in [0.717, 1.165) is 91.5 Å². The third-order valence-electron chi connectivity index (χ3n) is 11.3. The number of anilines is 1. The van der Waals surface area contributed by atoms with Gasteiger partial charge >= 0.3 is 0 Å². The molecule has 1 amide bonds. The molecule has 0 radical (unpaired) electrons. The minimum absolute atomic E-state index is 0.00237. The second-order valence-electron chi connectivity index (χ2n) is 14.2. The van der Waals surface area contributed by atoms with Crippen molar-refractivity contribution >= 4 is 44.7 Å². The lowest BCUT2D eigenvalue weighted by molar-refractivity contribution is 0.0776. The smallest absolute Gasteiger partial charge is 0.257 e. The highest BCUT2D eigenvalue weighted by Gasteiger charge is 2.45. The molecule has 1 fully saturated rings. The van der Waals surface area contributed by atoms with Gasteiger partial charge in [0, 0.05) is 40.7 Å². The van der Waals surface area contributed by atoms with Gasteiger partial charge in [-0.1, -0.05) is 23.7 Å². The van der Waals surface area contributed by atoms with E-state index in [1.165, 1.54) is 24.3 Å². The van der Waals surface area contributed by atoms with Crippen molar-refractivity contribution in [3.63, 3.8) is 0 Å². The number of fused-ring (bicyclic) bond motifs is 6. The summed E-state index contributed by atoms with van der Waals surface area (Å²) in [6.07, 6.45) is 7.73. The van der Waals surface area contributed by atoms with Gasteiger partial charge in [-0.2, -0.15) is 0 Å². The first-order chi connectivity index (χ1) is 25.4. The Kier molecular flexibility index (Phi) is 7.41. The highest BCUT2D eigenvalue weighted by atomic mass is 35.5. The lowest BCUT2D eigenvalue weighted by Crippen LogP contribution is -2.22. The molecule has 2 aliphatic carbocycles. The number of carbonyl (C=O) groups excluding carboxylic acids is 1. The fraction of sp³-hybridized carbons (Fsp3) is 0.325. The van der Waals surface area contributed by atoms with Crippen LogP contribution in [0.1, 0.15) is 93.6 Å². The second kappa shape index (κ2) is 12.1. The number of hydrogen-bond acceptors (Lipinski definition) is 9. The fourth-order valence-corrected chi connectivity index (χ4v) is 10.4. The number of carbonyl (C=O) groups is 1. The molecule has 12 heteroatoms. The van der Waals surface area contributed by atoms with Crippen molar-refractivity contribution in [3.8, 4) is 27.6 Å².